The van der Waals surface area contributed by atoms with E-state index in [9.17, 15) is 0 Å². The maximum absolute atomic E-state index is 6.33. The maximum Gasteiger partial charge on any atom is 0.181 e. The molecule has 2 aromatic carbocycles. The molecule has 0 aliphatic carbocycles. The molecule has 1 aromatic heterocycles. The van der Waals surface area contributed by atoms with Gasteiger partial charge in [0.15, 0.2) is 5.13 Å². The van der Waals surface area contributed by atoms with Crippen LogP contribution in [0, 0.1) is 0 Å². The molecule has 1 heterocycles. The SMILES string of the molecule is Nc1nc2c(C(N)Cc3ccccc3)cccc2s1. The van der Waals surface area contributed by atoms with Gasteiger partial charge < -0.3 is 11.5 Å². The third kappa shape index (κ3) is 2.45. The zero-order valence-corrected chi connectivity index (χ0v) is 11.2. The summed E-state index contributed by atoms with van der Waals surface area (Å²) in [6, 6.07) is 16.3. The summed E-state index contributed by atoms with van der Waals surface area (Å²) < 4.78 is 1.10. The summed E-state index contributed by atoms with van der Waals surface area (Å²) in [5, 5.41) is 0.592. The maximum atomic E-state index is 6.33. The number of thiazole rings is 1. The molecule has 0 spiro atoms. The highest BCUT2D eigenvalue weighted by Gasteiger charge is 2.13. The van der Waals surface area contributed by atoms with Crippen molar-refractivity contribution < 1.29 is 0 Å². The number of anilines is 1. The second-order valence-corrected chi connectivity index (χ2v) is 5.60. The van der Waals surface area contributed by atoms with Gasteiger partial charge in [-0.2, -0.15) is 0 Å². The predicted octanol–water partition coefficient (Wildman–Crippen LogP) is 3.12. The molecule has 3 nitrogen and oxygen atoms in total. The quantitative estimate of drug-likeness (QED) is 0.767. The fourth-order valence-corrected chi connectivity index (χ4v) is 3.03. The Morgan fingerprint density at radius 2 is 1.84 bits per heavy atom. The molecule has 0 fully saturated rings. The molecule has 4 N–H and O–H groups in total. The molecular weight excluding hydrogens is 254 g/mol. The van der Waals surface area contributed by atoms with Crippen molar-refractivity contribution in [2.75, 3.05) is 5.73 Å². The first kappa shape index (κ1) is 12.1. The van der Waals surface area contributed by atoms with Crippen molar-refractivity contribution in [3.8, 4) is 0 Å². The fourth-order valence-electron chi connectivity index (χ4n) is 2.26. The smallest absolute Gasteiger partial charge is 0.181 e. The molecule has 96 valence electrons. The Labute approximate surface area is 115 Å². The molecule has 0 bridgehead atoms. The van der Waals surface area contributed by atoms with E-state index in [0.29, 0.717) is 5.13 Å². The minimum absolute atomic E-state index is 0.0624. The number of fused-ring (bicyclic) bond motifs is 1. The molecule has 0 saturated heterocycles. The Morgan fingerprint density at radius 3 is 2.63 bits per heavy atom. The first-order chi connectivity index (χ1) is 9.24. The molecule has 4 heteroatoms. The Bertz CT molecular complexity index is 691. The number of benzene rings is 2. The Morgan fingerprint density at radius 1 is 1.05 bits per heavy atom. The zero-order chi connectivity index (χ0) is 13.2. The average molecular weight is 269 g/mol. The first-order valence-corrected chi connectivity index (χ1v) is 7.00. The molecule has 19 heavy (non-hydrogen) atoms. The molecule has 0 saturated carbocycles. The average Bonchev–Trinajstić information content (AvgIpc) is 2.79. The standard InChI is InChI=1S/C15H15N3S/c16-12(9-10-5-2-1-3-6-10)11-7-4-8-13-14(11)18-15(17)19-13/h1-8,12H,9,16H2,(H2,17,18). The van der Waals surface area contributed by atoms with E-state index in [2.05, 4.69) is 17.1 Å². The Kier molecular flexibility index (Phi) is 3.19. The van der Waals surface area contributed by atoms with Crippen molar-refractivity contribution in [3.63, 3.8) is 0 Å². The monoisotopic (exact) mass is 269 g/mol. The lowest BCUT2D eigenvalue weighted by Gasteiger charge is -2.12. The van der Waals surface area contributed by atoms with Gasteiger partial charge in [-0.15, -0.1) is 0 Å². The summed E-state index contributed by atoms with van der Waals surface area (Å²) in [5.74, 6) is 0. The van der Waals surface area contributed by atoms with Gasteiger partial charge in [0.25, 0.3) is 0 Å². The second kappa shape index (κ2) is 4.99. The minimum atomic E-state index is -0.0624. The number of hydrogen-bond acceptors (Lipinski definition) is 4. The van der Waals surface area contributed by atoms with Crippen LogP contribution >= 0.6 is 11.3 Å². The molecule has 0 amide bonds. The third-order valence-electron chi connectivity index (χ3n) is 3.16. The third-order valence-corrected chi connectivity index (χ3v) is 4.01. The minimum Gasteiger partial charge on any atom is -0.375 e. The van der Waals surface area contributed by atoms with Crippen molar-refractivity contribution in [1.29, 1.82) is 0 Å². The van der Waals surface area contributed by atoms with E-state index in [4.69, 9.17) is 11.5 Å². The second-order valence-electron chi connectivity index (χ2n) is 4.54. The molecular formula is C15H15N3S. The van der Waals surface area contributed by atoms with E-state index in [1.54, 1.807) is 0 Å². The number of nitrogens with two attached hydrogens (primary N) is 2. The van der Waals surface area contributed by atoms with Crippen LogP contribution in [0.3, 0.4) is 0 Å². The van der Waals surface area contributed by atoms with Gasteiger partial charge in [0.05, 0.1) is 10.2 Å². The fraction of sp³-hybridized carbons (Fsp3) is 0.133. The number of nitrogens with zero attached hydrogens (tertiary/aromatic N) is 1. The van der Waals surface area contributed by atoms with Gasteiger partial charge in [-0.1, -0.05) is 53.8 Å². The van der Waals surface area contributed by atoms with Crippen LogP contribution in [0.25, 0.3) is 10.2 Å². The van der Waals surface area contributed by atoms with Gasteiger partial charge in [-0.25, -0.2) is 4.98 Å². The van der Waals surface area contributed by atoms with Gasteiger partial charge in [0.1, 0.15) is 0 Å². The van der Waals surface area contributed by atoms with Crippen LogP contribution in [0.2, 0.25) is 0 Å². The lowest BCUT2D eigenvalue weighted by atomic mass is 9.99. The Balaban J connectivity index is 1.95. The van der Waals surface area contributed by atoms with Crippen LogP contribution < -0.4 is 11.5 Å². The molecule has 0 aliphatic heterocycles. The number of aromatic nitrogens is 1. The molecule has 1 unspecified atom stereocenters. The molecule has 3 aromatic rings. The van der Waals surface area contributed by atoms with Gasteiger partial charge >= 0.3 is 0 Å². The van der Waals surface area contributed by atoms with Crippen molar-refractivity contribution in [2.45, 2.75) is 12.5 Å². The molecule has 3 rings (SSSR count). The number of nitrogen functional groups attached to an aromatic ring is 1. The summed E-state index contributed by atoms with van der Waals surface area (Å²) in [5.41, 5.74) is 15.3. The number of para-hydroxylation sites is 1. The normalized spacial score (nSPS) is 12.7. The van der Waals surface area contributed by atoms with Crippen LogP contribution in [0.5, 0.6) is 0 Å². The first-order valence-electron chi connectivity index (χ1n) is 6.18. The van der Waals surface area contributed by atoms with Crippen LogP contribution in [0.4, 0.5) is 5.13 Å². The largest absolute Gasteiger partial charge is 0.375 e. The highest BCUT2D eigenvalue weighted by Crippen LogP contribution is 2.29. The van der Waals surface area contributed by atoms with Crippen LogP contribution in [-0.2, 0) is 6.42 Å². The summed E-state index contributed by atoms with van der Waals surface area (Å²) in [6.07, 6.45) is 0.803. The van der Waals surface area contributed by atoms with Gasteiger partial charge in [0.2, 0.25) is 0 Å². The van der Waals surface area contributed by atoms with Crippen molar-refractivity contribution >= 4 is 26.7 Å². The Hall–Kier alpha value is -1.91. The molecule has 0 radical (unpaired) electrons. The van der Waals surface area contributed by atoms with E-state index in [0.717, 1.165) is 22.2 Å². The van der Waals surface area contributed by atoms with E-state index in [1.165, 1.54) is 16.9 Å². The zero-order valence-electron chi connectivity index (χ0n) is 10.4. The van der Waals surface area contributed by atoms with Crippen LogP contribution in [0.1, 0.15) is 17.2 Å². The van der Waals surface area contributed by atoms with E-state index < -0.39 is 0 Å². The summed E-state index contributed by atoms with van der Waals surface area (Å²) in [4.78, 5) is 4.39. The number of hydrogen-bond donors (Lipinski definition) is 2. The van der Waals surface area contributed by atoms with Gasteiger partial charge in [-0.3, -0.25) is 0 Å². The molecule has 1 atom stereocenters. The highest BCUT2D eigenvalue weighted by molar-refractivity contribution is 7.22. The van der Waals surface area contributed by atoms with E-state index in [1.807, 2.05) is 36.4 Å². The summed E-state index contributed by atoms with van der Waals surface area (Å²) in [6.45, 7) is 0. The predicted molar refractivity (Wildman–Crippen MR) is 81.1 cm³/mol. The van der Waals surface area contributed by atoms with Crippen LogP contribution in [-0.4, -0.2) is 4.98 Å². The van der Waals surface area contributed by atoms with Crippen LogP contribution in [0.15, 0.2) is 48.5 Å². The van der Waals surface area contributed by atoms with E-state index in [-0.39, 0.29) is 6.04 Å². The topological polar surface area (TPSA) is 64.9 Å². The lowest BCUT2D eigenvalue weighted by Crippen LogP contribution is -2.13. The lowest BCUT2D eigenvalue weighted by molar-refractivity contribution is 0.727. The van der Waals surface area contributed by atoms with Crippen molar-refractivity contribution in [1.82, 2.24) is 4.98 Å². The van der Waals surface area contributed by atoms with Crippen molar-refractivity contribution in [2.24, 2.45) is 5.73 Å². The van der Waals surface area contributed by atoms with E-state index >= 15 is 0 Å². The van der Waals surface area contributed by atoms with Crippen molar-refractivity contribution in [3.05, 3.63) is 59.7 Å². The number of rotatable bonds is 3. The van der Waals surface area contributed by atoms with Gasteiger partial charge in [-0.05, 0) is 23.6 Å². The highest BCUT2D eigenvalue weighted by atomic mass is 32.1. The molecule has 0 aliphatic rings. The summed E-state index contributed by atoms with van der Waals surface area (Å²) >= 11 is 1.50. The summed E-state index contributed by atoms with van der Waals surface area (Å²) in [7, 11) is 0. The van der Waals surface area contributed by atoms with Gasteiger partial charge in [0, 0.05) is 6.04 Å².